The Hall–Kier alpha value is -1.20. The molecule has 0 spiro atoms. The first-order valence-electron chi connectivity index (χ1n) is 11.9. The third kappa shape index (κ3) is 4.13. The zero-order chi connectivity index (χ0) is 22.4. The monoisotopic (exact) mass is 459 g/mol. The molecule has 2 saturated carbocycles. The predicted octanol–water partition coefficient (Wildman–Crippen LogP) is 7.14. The fourth-order valence-corrected chi connectivity index (χ4v) is 9.85. The van der Waals surface area contributed by atoms with E-state index in [9.17, 15) is 8.42 Å². The number of benzene rings is 1. The fourth-order valence-electron chi connectivity index (χ4n) is 6.20. The van der Waals surface area contributed by atoms with E-state index in [4.69, 9.17) is 0 Å². The number of hydrogen-bond acceptors (Lipinski definition) is 4. The van der Waals surface area contributed by atoms with E-state index < -0.39 is 9.84 Å². The molecule has 2 aliphatic carbocycles. The van der Waals surface area contributed by atoms with Crippen LogP contribution in [0.2, 0.25) is 0 Å². The molecule has 170 valence electrons. The maximum Gasteiger partial charge on any atom is 0.210 e. The third-order valence-corrected chi connectivity index (χ3v) is 12.2. The summed E-state index contributed by atoms with van der Waals surface area (Å²) in [6.07, 6.45) is 9.87. The molecule has 5 heteroatoms. The minimum atomic E-state index is -3.41. The van der Waals surface area contributed by atoms with Crippen molar-refractivity contribution in [1.29, 1.82) is 0 Å². The highest BCUT2D eigenvalue weighted by molar-refractivity contribution is 7.94. The van der Waals surface area contributed by atoms with Crippen LogP contribution in [-0.4, -0.2) is 18.7 Å². The van der Waals surface area contributed by atoms with E-state index in [1.54, 1.807) is 0 Å². The van der Waals surface area contributed by atoms with Gasteiger partial charge in [0.1, 0.15) is 0 Å². The largest absolute Gasteiger partial charge is 0.225 e. The molecule has 0 bridgehead atoms. The Kier molecular flexibility index (Phi) is 6.39. The van der Waals surface area contributed by atoms with Crippen molar-refractivity contribution in [1.82, 2.24) is 4.98 Å². The Morgan fingerprint density at radius 1 is 1.10 bits per heavy atom. The summed E-state index contributed by atoms with van der Waals surface area (Å²) < 4.78 is 28.8. The minimum Gasteiger partial charge on any atom is -0.225 e. The Morgan fingerprint density at radius 3 is 2.55 bits per heavy atom. The van der Waals surface area contributed by atoms with Crippen molar-refractivity contribution in [3.05, 3.63) is 36.4 Å². The zero-order valence-electron chi connectivity index (χ0n) is 19.5. The Balaban J connectivity index is 1.60. The van der Waals surface area contributed by atoms with Gasteiger partial charge in [-0.2, -0.15) is 0 Å². The second-order valence-electron chi connectivity index (χ2n) is 10.6. The van der Waals surface area contributed by atoms with Gasteiger partial charge in [0.05, 0.1) is 15.5 Å². The summed E-state index contributed by atoms with van der Waals surface area (Å²) in [6, 6.07) is 7.75. The lowest BCUT2D eigenvalue weighted by Crippen LogP contribution is -2.44. The quantitative estimate of drug-likeness (QED) is 0.431. The summed E-state index contributed by atoms with van der Waals surface area (Å²) in [5.74, 6) is 2.50. The van der Waals surface area contributed by atoms with Crippen LogP contribution in [-0.2, 0) is 9.84 Å². The van der Waals surface area contributed by atoms with Crippen LogP contribution in [0.5, 0.6) is 0 Å². The number of thiazole rings is 1. The molecule has 1 aromatic carbocycles. The number of allylic oxidation sites excluding steroid dienone is 2. The molecule has 0 saturated heterocycles. The predicted molar refractivity (Wildman–Crippen MR) is 131 cm³/mol. The zero-order valence-corrected chi connectivity index (χ0v) is 21.2. The van der Waals surface area contributed by atoms with Crippen LogP contribution in [0.15, 0.2) is 40.8 Å². The van der Waals surface area contributed by atoms with Crippen LogP contribution in [0, 0.1) is 35.0 Å². The molecule has 0 radical (unpaired) electrons. The molecule has 31 heavy (non-hydrogen) atoms. The normalized spacial score (nSPS) is 31.4. The molecule has 4 rings (SSSR count). The summed E-state index contributed by atoms with van der Waals surface area (Å²) in [5, 5.41) is -0.289. The average Bonchev–Trinajstić information content (AvgIpc) is 3.32. The molecule has 2 aromatic rings. The first-order chi connectivity index (χ1) is 14.6. The highest BCUT2D eigenvalue weighted by Gasteiger charge is 2.55. The molecule has 1 aromatic heterocycles. The Labute approximate surface area is 192 Å². The van der Waals surface area contributed by atoms with Crippen LogP contribution in [0.25, 0.3) is 10.2 Å². The maximum atomic E-state index is 13.7. The smallest absolute Gasteiger partial charge is 0.210 e. The van der Waals surface area contributed by atoms with Gasteiger partial charge in [0, 0.05) is 0 Å². The van der Waals surface area contributed by atoms with Crippen molar-refractivity contribution in [2.75, 3.05) is 0 Å². The topological polar surface area (TPSA) is 47.0 Å². The second-order valence-corrected chi connectivity index (χ2v) is 13.9. The summed E-state index contributed by atoms with van der Waals surface area (Å²) in [5.41, 5.74) is 0.893. The standard InChI is InChI=1S/C26H37NO2S2/c1-17(2)18(3)12-13-19(4)20-14-15-21-24(11-8-16-26(20,21)5)31(28,29)25-27-22-9-6-7-10-23(22)30-25/h6-7,9-10,12-13,17-21,24H,8,11,14-16H2,1-5H3/b13-12+/t18-,19+,20+,21-,24+,26+/m0/s1. The van der Waals surface area contributed by atoms with E-state index in [2.05, 4.69) is 51.8 Å². The van der Waals surface area contributed by atoms with E-state index in [1.165, 1.54) is 11.3 Å². The van der Waals surface area contributed by atoms with E-state index in [0.717, 1.165) is 42.3 Å². The molecule has 0 N–H and O–H groups in total. The molecule has 6 atom stereocenters. The molecular formula is C26H37NO2S2. The van der Waals surface area contributed by atoms with Crippen molar-refractivity contribution in [3.63, 3.8) is 0 Å². The molecule has 2 aliphatic rings. The van der Waals surface area contributed by atoms with Crippen molar-refractivity contribution < 1.29 is 8.42 Å². The summed E-state index contributed by atoms with van der Waals surface area (Å²) in [6.45, 7) is 11.5. The van der Waals surface area contributed by atoms with E-state index in [0.29, 0.717) is 28.0 Å². The molecule has 1 heterocycles. The lowest BCUT2D eigenvalue weighted by molar-refractivity contribution is 0.0831. The van der Waals surface area contributed by atoms with Gasteiger partial charge < -0.3 is 0 Å². The van der Waals surface area contributed by atoms with E-state index in [-0.39, 0.29) is 16.6 Å². The maximum absolute atomic E-state index is 13.7. The van der Waals surface area contributed by atoms with Gasteiger partial charge in [0.25, 0.3) is 0 Å². The fraction of sp³-hybridized carbons (Fsp3) is 0.654. The molecule has 0 amide bonds. The number of fused-ring (bicyclic) bond motifs is 2. The SMILES string of the molecule is CC(C)[C@@H](C)/C=C/[C@@H](C)[C@H]1CC[C@H]2[C@H](S(=O)(=O)c3nc4ccccc4s3)CCC[C@]12C. The number of rotatable bonds is 6. The number of sulfone groups is 1. The highest BCUT2D eigenvalue weighted by Crippen LogP contribution is 2.59. The minimum absolute atomic E-state index is 0.0947. The van der Waals surface area contributed by atoms with Gasteiger partial charge in [-0.3, -0.25) is 0 Å². The van der Waals surface area contributed by atoms with Crippen LogP contribution in [0.3, 0.4) is 0 Å². The summed E-state index contributed by atoms with van der Waals surface area (Å²) in [4.78, 5) is 4.54. The van der Waals surface area contributed by atoms with Crippen molar-refractivity contribution in [2.24, 2.45) is 35.0 Å². The van der Waals surface area contributed by atoms with Crippen LogP contribution in [0.4, 0.5) is 0 Å². The van der Waals surface area contributed by atoms with E-state index >= 15 is 0 Å². The first-order valence-corrected chi connectivity index (χ1v) is 14.3. The second kappa shape index (κ2) is 8.62. The first kappa shape index (κ1) is 23.0. The number of hydrogen-bond donors (Lipinski definition) is 0. The molecular weight excluding hydrogens is 422 g/mol. The lowest BCUT2D eigenvalue weighted by Gasteiger charge is -2.45. The van der Waals surface area contributed by atoms with Gasteiger partial charge >= 0.3 is 0 Å². The van der Waals surface area contributed by atoms with Crippen LogP contribution in [0.1, 0.15) is 66.7 Å². The number of para-hydroxylation sites is 1. The number of nitrogens with zero attached hydrogens (tertiary/aromatic N) is 1. The molecule has 0 aliphatic heterocycles. The van der Waals surface area contributed by atoms with Gasteiger partial charge in [-0.1, -0.05) is 65.3 Å². The Bertz CT molecular complexity index is 1020. The van der Waals surface area contributed by atoms with E-state index in [1.807, 2.05) is 24.3 Å². The van der Waals surface area contributed by atoms with Crippen molar-refractivity contribution >= 4 is 31.4 Å². The van der Waals surface area contributed by atoms with Gasteiger partial charge in [-0.25, -0.2) is 13.4 Å². The van der Waals surface area contributed by atoms with Crippen LogP contribution >= 0.6 is 11.3 Å². The van der Waals surface area contributed by atoms with Gasteiger partial charge in [-0.05, 0) is 72.8 Å². The Morgan fingerprint density at radius 2 is 1.84 bits per heavy atom. The van der Waals surface area contributed by atoms with Crippen molar-refractivity contribution in [3.8, 4) is 0 Å². The van der Waals surface area contributed by atoms with Crippen molar-refractivity contribution in [2.45, 2.75) is 76.3 Å². The molecule has 0 unspecified atom stereocenters. The summed E-state index contributed by atoms with van der Waals surface area (Å²) in [7, 11) is -3.41. The molecule has 3 nitrogen and oxygen atoms in total. The van der Waals surface area contributed by atoms with Gasteiger partial charge in [0.15, 0.2) is 0 Å². The third-order valence-electron chi connectivity index (χ3n) is 8.46. The highest BCUT2D eigenvalue weighted by atomic mass is 32.2. The molecule has 2 fully saturated rings. The lowest BCUT2D eigenvalue weighted by atomic mass is 9.62. The van der Waals surface area contributed by atoms with Gasteiger partial charge in [-0.15, -0.1) is 11.3 Å². The average molecular weight is 460 g/mol. The van der Waals surface area contributed by atoms with Crippen LogP contribution < -0.4 is 0 Å². The number of aromatic nitrogens is 1. The summed E-state index contributed by atoms with van der Waals surface area (Å²) >= 11 is 1.34. The van der Waals surface area contributed by atoms with Gasteiger partial charge in [0.2, 0.25) is 14.2 Å².